The monoisotopic (exact) mass is 439 g/mol. The maximum Gasteiger partial charge on any atom is 0.251 e. The molecule has 0 fully saturated rings. The van der Waals surface area contributed by atoms with E-state index in [1.54, 1.807) is 7.11 Å². The number of carbonyl (C=O) groups is 1. The fraction of sp³-hybridized carbons (Fsp3) is 0.350. The highest BCUT2D eigenvalue weighted by Gasteiger charge is 2.23. The van der Waals surface area contributed by atoms with Crippen LogP contribution in [0.25, 0.3) is 0 Å². The minimum absolute atomic E-state index is 0.0675. The molecule has 1 atom stereocenters. The van der Waals surface area contributed by atoms with E-state index in [4.69, 9.17) is 16.3 Å². The summed E-state index contributed by atoms with van der Waals surface area (Å²) in [5.41, 5.74) is 1.24. The molecule has 1 N–H and O–H groups in total. The summed E-state index contributed by atoms with van der Waals surface area (Å²) in [4.78, 5) is 14.6. The number of nitrogens with one attached hydrogen (secondary N) is 1. The smallest absolute Gasteiger partial charge is 0.251 e. The third-order valence-corrected chi connectivity index (χ3v) is 6.83. The van der Waals surface area contributed by atoms with Crippen molar-refractivity contribution in [1.82, 2.24) is 14.5 Å². The fourth-order valence-electron chi connectivity index (χ4n) is 2.76. The van der Waals surface area contributed by atoms with E-state index in [2.05, 4.69) is 5.32 Å². The Kier molecular flexibility index (Phi) is 7.65. The number of hydrogen-bond donors (Lipinski definition) is 1. The third kappa shape index (κ3) is 5.48. The van der Waals surface area contributed by atoms with Crippen LogP contribution in [0.5, 0.6) is 5.75 Å². The van der Waals surface area contributed by atoms with Gasteiger partial charge in [-0.2, -0.15) is 0 Å². The number of nitrogens with zero attached hydrogens (tertiary/aromatic N) is 2. The zero-order chi connectivity index (χ0) is 21.8. The quantitative estimate of drug-likeness (QED) is 0.684. The highest BCUT2D eigenvalue weighted by atomic mass is 35.5. The van der Waals surface area contributed by atoms with Crippen LogP contribution >= 0.6 is 11.6 Å². The lowest BCUT2D eigenvalue weighted by Gasteiger charge is -2.25. The van der Waals surface area contributed by atoms with Crippen molar-refractivity contribution in [3.63, 3.8) is 0 Å². The second-order valence-electron chi connectivity index (χ2n) is 6.90. The van der Waals surface area contributed by atoms with Crippen molar-refractivity contribution in [1.29, 1.82) is 0 Å². The first-order valence-corrected chi connectivity index (χ1v) is 10.7. The molecular formula is C20H26ClN3O4S. The van der Waals surface area contributed by atoms with Gasteiger partial charge in [-0.15, -0.1) is 0 Å². The summed E-state index contributed by atoms with van der Waals surface area (Å²) in [5, 5.41) is 2.94. The predicted octanol–water partition coefficient (Wildman–Crippen LogP) is 2.63. The summed E-state index contributed by atoms with van der Waals surface area (Å²) in [7, 11) is 4.52. The van der Waals surface area contributed by atoms with E-state index in [-0.39, 0.29) is 27.4 Å². The fourth-order valence-corrected chi connectivity index (χ4v) is 4.15. The number of carbonyl (C=O) groups excluding carboxylic acids is 1. The van der Waals surface area contributed by atoms with Crippen LogP contribution in [-0.4, -0.2) is 65.4 Å². The van der Waals surface area contributed by atoms with Crippen LogP contribution in [0, 0.1) is 0 Å². The summed E-state index contributed by atoms with van der Waals surface area (Å²) < 4.78 is 31.1. The molecule has 9 heteroatoms. The summed E-state index contributed by atoms with van der Waals surface area (Å²) in [6.45, 7) is 0.344. The van der Waals surface area contributed by atoms with Crippen molar-refractivity contribution in [2.24, 2.45) is 0 Å². The minimum atomic E-state index is -3.76. The van der Waals surface area contributed by atoms with Crippen molar-refractivity contribution < 1.29 is 17.9 Å². The largest absolute Gasteiger partial charge is 0.497 e. The summed E-state index contributed by atoms with van der Waals surface area (Å²) in [5.74, 6) is 0.378. The lowest BCUT2D eigenvalue weighted by atomic mass is 10.1. The Morgan fingerprint density at radius 2 is 1.72 bits per heavy atom. The number of amides is 1. The van der Waals surface area contributed by atoms with Crippen LogP contribution in [0.1, 0.15) is 22.0 Å². The molecule has 0 aromatic heterocycles. The number of rotatable bonds is 8. The van der Waals surface area contributed by atoms with Gasteiger partial charge in [-0.3, -0.25) is 4.79 Å². The average molecular weight is 440 g/mol. The number of ether oxygens (including phenoxy) is 1. The maximum absolute atomic E-state index is 12.7. The molecule has 0 saturated carbocycles. The normalized spacial score (nSPS) is 12.8. The van der Waals surface area contributed by atoms with Crippen LogP contribution in [0.2, 0.25) is 5.02 Å². The standard InChI is InChI=1S/C20H26ClN3O4S/c1-23(2)18(14-6-9-16(28-5)10-7-14)13-22-20(25)15-8-11-17(21)19(12-15)29(26,27)24(3)4/h6-12,18H,13H2,1-5H3,(H,22,25). The lowest BCUT2D eigenvalue weighted by Crippen LogP contribution is -2.34. The molecule has 7 nitrogen and oxygen atoms in total. The van der Waals surface area contributed by atoms with Crippen molar-refractivity contribution in [3.05, 3.63) is 58.6 Å². The lowest BCUT2D eigenvalue weighted by molar-refractivity contribution is 0.0941. The van der Waals surface area contributed by atoms with Gasteiger partial charge >= 0.3 is 0 Å². The van der Waals surface area contributed by atoms with Crippen LogP contribution in [0.3, 0.4) is 0 Å². The summed E-state index contributed by atoms with van der Waals surface area (Å²) >= 11 is 6.05. The second-order valence-corrected chi connectivity index (χ2v) is 9.42. The van der Waals surface area contributed by atoms with Crippen LogP contribution < -0.4 is 10.1 Å². The molecule has 0 radical (unpaired) electrons. The van der Waals surface area contributed by atoms with Gasteiger partial charge in [0.1, 0.15) is 10.6 Å². The molecule has 0 spiro atoms. The molecule has 29 heavy (non-hydrogen) atoms. The number of hydrogen-bond acceptors (Lipinski definition) is 5. The van der Waals surface area contributed by atoms with Crippen molar-refractivity contribution in [2.75, 3.05) is 41.8 Å². The van der Waals surface area contributed by atoms with Crippen LogP contribution in [-0.2, 0) is 10.0 Å². The number of likely N-dealkylation sites (N-methyl/N-ethyl adjacent to an activating group) is 1. The molecule has 1 unspecified atom stereocenters. The minimum Gasteiger partial charge on any atom is -0.497 e. The first-order chi connectivity index (χ1) is 13.6. The van der Waals surface area contributed by atoms with Gasteiger partial charge < -0.3 is 15.0 Å². The Morgan fingerprint density at radius 3 is 2.24 bits per heavy atom. The van der Waals surface area contributed by atoms with Gasteiger partial charge in [0.05, 0.1) is 18.2 Å². The molecule has 158 valence electrons. The van der Waals surface area contributed by atoms with Gasteiger partial charge in [0.25, 0.3) is 5.91 Å². The van der Waals surface area contributed by atoms with E-state index in [9.17, 15) is 13.2 Å². The molecule has 0 heterocycles. The molecule has 0 saturated heterocycles. The van der Waals surface area contributed by atoms with Gasteiger partial charge in [-0.25, -0.2) is 12.7 Å². The van der Waals surface area contributed by atoms with E-state index in [0.29, 0.717) is 6.54 Å². The van der Waals surface area contributed by atoms with Crippen molar-refractivity contribution >= 4 is 27.5 Å². The van der Waals surface area contributed by atoms with E-state index in [1.807, 2.05) is 43.3 Å². The Balaban J connectivity index is 2.20. The van der Waals surface area contributed by atoms with E-state index >= 15 is 0 Å². The van der Waals surface area contributed by atoms with Gasteiger partial charge in [-0.05, 0) is 50.0 Å². The molecule has 2 aromatic carbocycles. The molecule has 0 aliphatic carbocycles. The first kappa shape index (κ1) is 23.2. The zero-order valence-electron chi connectivity index (χ0n) is 17.1. The number of sulfonamides is 1. The topological polar surface area (TPSA) is 78.9 Å². The molecular weight excluding hydrogens is 414 g/mol. The second kappa shape index (κ2) is 9.58. The van der Waals surface area contributed by atoms with Gasteiger partial charge in [-0.1, -0.05) is 23.7 Å². The summed E-state index contributed by atoms with van der Waals surface area (Å²) in [6.07, 6.45) is 0. The number of benzene rings is 2. The molecule has 2 rings (SSSR count). The van der Waals surface area contributed by atoms with Gasteiger partial charge in [0.15, 0.2) is 0 Å². The highest BCUT2D eigenvalue weighted by molar-refractivity contribution is 7.89. The Labute approximate surface area is 177 Å². The van der Waals surface area contributed by atoms with Gasteiger partial charge in [0, 0.05) is 26.2 Å². The molecule has 0 aliphatic heterocycles. The van der Waals surface area contributed by atoms with Crippen molar-refractivity contribution in [3.8, 4) is 5.75 Å². The van der Waals surface area contributed by atoms with Crippen LogP contribution in [0.4, 0.5) is 0 Å². The van der Waals surface area contributed by atoms with E-state index in [0.717, 1.165) is 15.6 Å². The van der Waals surface area contributed by atoms with E-state index in [1.165, 1.54) is 32.3 Å². The molecule has 0 aliphatic rings. The Hall–Kier alpha value is -2.13. The summed E-state index contributed by atoms with van der Waals surface area (Å²) in [6, 6.07) is 11.8. The van der Waals surface area contributed by atoms with Crippen LogP contribution in [0.15, 0.2) is 47.4 Å². The first-order valence-electron chi connectivity index (χ1n) is 8.88. The molecule has 0 bridgehead atoms. The molecule has 2 aromatic rings. The Bertz CT molecular complexity index is 960. The average Bonchev–Trinajstić information content (AvgIpc) is 2.68. The SMILES string of the molecule is COc1ccc(C(CNC(=O)c2ccc(Cl)c(S(=O)(=O)N(C)C)c2)N(C)C)cc1. The maximum atomic E-state index is 12.7. The Morgan fingerprint density at radius 1 is 1.10 bits per heavy atom. The molecule has 1 amide bonds. The van der Waals surface area contributed by atoms with E-state index < -0.39 is 10.0 Å². The third-order valence-electron chi connectivity index (χ3n) is 4.53. The number of methoxy groups -OCH3 is 1. The van der Waals surface area contributed by atoms with Crippen molar-refractivity contribution in [2.45, 2.75) is 10.9 Å². The zero-order valence-corrected chi connectivity index (χ0v) is 18.7. The van der Waals surface area contributed by atoms with Gasteiger partial charge in [0.2, 0.25) is 10.0 Å². The number of halogens is 1. The predicted molar refractivity (Wildman–Crippen MR) is 114 cm³/mol. The highest BCUT2D eigenvalue weighted by Crippen LogP contribution is 2.25.